The van der Waals surface area contributed by atoms with Crippen LogP contribution in [0.15, 0.2) is 72.9 Å². The highest BCUT2D eigenvalue weighted by atomic mass is 16.7. The highest BCUT2D eigenvalue weighted by Crippen LogP contribution is 2.23. The largest absolute Gasteiger partial charge is 0.394 e. The van der Waals surface area contributed by atoms with Crippen LogP contribution in [0, 0.1) is 0 Å². The van der Waals surface area contributed by atoms with Crippen LogP contribution in [-0.4, -0.2) is 87.5 Å². The van der Waals surface area contributed by atoms with Gasteiger partial charge in [0.05, 0.1) is 25.4 Å². The monoisotopic (exact) mass is 1050 g/mol. The summed E-state index contributed by atoms with van der Waals surface area (Å²) in [5.41, 5.74) is 0. The number of carbonyl (C=O) groups excluding carboxylic acids is 1. The summed E-state index contributed by atoms with van der Waals surface area (Å²) in [7, 11) is 0. The quantitative estimate of drug-likeness (QED) is 0.0261. The minimum atomic E-state index is -1.58. The van der Waals surface area contributed by atoms with Crippen LogP contribution in [0.1, 0.15) is 284 Å². The van der Waals surface area contributed by atoms with E-state index in [0.717, 1.165) is 57.8 Å². The molecule has 9 nitrogen and oxygen atoms in total. The average molecular weight is 1050 g/mol. The Balaban J connectivity index is 2.16. The second kappa shape index (κ2) is 55.0. The molecule has 9 heteroatoms. The molecule has 1 aliphatic heterocycles. The summed E-state index contributed by atoms with van der Waals surface area (Å²) in [4.78, 5) is 13.1. The first-order valence-corrected chi connectivity index (χ1v) is 31.7. The van der Waals surface area contributed by atoms with Crippen LogP contribution < -0.4 is 5.32 Å². The highest BCUT2D eigenvalue weighted by Gasteiger charge is 2.44. The normalized spacial score (nSPS) is 19.4. The fraction of sp³-hybridized carbons (Fsp3) is 0.803. The molecule has 0 spiro atoms. The summed E-state index contributed by atoms with van der Waals surface area (Å²) in [6.07, 6.45) is 69.9. The Kier molecular flexibility index (Phi) is 51.8. The summed E-state index contributed by atoms with van der Waals surface area (Å²) in [6.45, 7) is 3.76. The van der Waals surface area contributed by atoms with E-state index < -0.39 is 49.5 Å². The third-order valence-corrected chi connectivity index (χ3v) is 14.7. The molecule has 0 aromatic carbocycles. The van der Waals surface area contributed by atoms with Crippen LogP contribution in [-0.2, 0) is 14.3 Å². The Morgan fingerprint density at radius 1 is 0.453 bits per heavy atom. The summed E-state index contributed by atoms with van der Waals surface area (Å²) in [6, 6.07) is -0.831. The molecule has 0 aromatic rings. The number of aliphatic hydroxyl groups is 5. The van der Waals surface area contributed by atoms with Crippen molar-refractivity contribution in [2.75, 3.05) is 13.2 Å². The van der Waals surface area contributed by atoms with E-state index in [2.05, 4.69) is 79.9 Å². The molecule has 1 fully saturated rings. The maximum Gasteiger partial charge on any atom is 0.220 e. The van der Waals surface area contributed by atoms with Crippen molar-refractivity contribution >= 4 is 5.91 Å². The zero-order valence-corrected chi connectivity index (χ0v) is 48.5. The molecule has 1 saturated heterocycles. The smallest absolute Gasteiger partial charge is 0.220 e. The molecule has 0 aliphatic carbocycles. The Labute approximate surface area is 461 Å². The Hall–Kier alpha value is -2.37. The summed E-state index contributed by atoms with van der Waals surface area (Å²) in [5, 5.41) is 54.5. The van der Waals surface area contributed by atoms with Gasteiger partial charge in [-0.05, 0) is 83.5 Å². The molecular formula is C66H119NO8. The van der Waals surface area contributed by atoms with E-state index in [-0.39, 0.29) is 12.5 Å². The second-order valence-electron chi connectivity index (χ2n) is 21.8. The Morgan fingerprint density at radius 2 is 0.800 bits per heavy atom. The van der Waals surface area contributed by atoms with Gasteiger partial charge in [-0.1, -0.05) is 267 Å². The number of rotatable bonds is 54. The van der Waals surface area contributed by atoms with Gasteiger partial charge in [0.2, 0.25) is 5.91 Å². The topological polar surface area (TPSA) is 149 Å². The molecule has 7 unspecified atom stereocenters. The standard InChI is InChI=1S/C66H119NO8/c1-3-5-7-9-11-13-15-17-19-21-23-24-25-26-27-28-29-30-31-32-33-34-35-36-38-40-42-44-46-48-50-52-54-56-62(70)67-59(58-74-66-65(73)64(72)63(71)61(57-68)75-66)60(69)55-53-51-49-47-45-43-41-39-37-22-20-18-16-14-12-10-8-6-4-2/h15,17,21,23,25-26,37,39,45,47,53,55,59-61,63-66,68-69,71-73H,3-14,16,18-20,22,24,27-36,38,40-44,46,48-52,54,56-58H2,1-2H3,(H,67,70)/b17-15-,23-21-,26-25-,39-37+,47-45+,55-53+. The van der Waals surface area contributed by atoms with Gasteiger partial charge in [0, 0.05) is 6.42 Å². The third kappa shape index (κ3) is 44.2. The molecular weight excluding hydrogens is 935 g/mol. The highest BCUT2D eigenvalue weighted by molar-refractivity contribution is 5.76. The molecule has 7 atom stereocenters. The number of unbranched alkanes of at least 4 members (excludes halogenated alkanes) is 34. The Morgan fingerprint density at radius 3 is 1.21 bits per heavy atom. The lowest BCUT2D eigenvalue weighted by molar-refractivity contribution is -0.302. The molecule has 1 aliphatic rings. The number of amides is 1. The van der Waals surface area contributed by atoms with Gasteiger partial charge in [0.25, 0.3) is 0 Å². The maximum atomic E-state index is 13.1. The van der Waals surface area contributed by atoms with Gasteiger partial charge in [0.1, 0.15) is 24.4 Å². The van der Waals surface area contributed by atoms with Gasteiger partial charge in [-0.15, -0.1) is 0 Å². The van der Waals surface area contributed by atoms with Crippen molar-refractivity contribution in [2.24, 2.45) is 0 Å². The first-order chi connectivity index (χ1) is 36.8. The van der Waals surface area contributed by atoms with E-state index in [4.69, 9.17) is 9.47 Å². The van der Waals surface area contributed by atoms with E-state index in [1.54, 1.807) is 6.08 Å². The van der Waals surface area contributed by atoms with Crippen LogP contribution in [0.2, 0.25) is 0 Å². The van der Waals surface area contributed by atoms with Gasteiger partial charge in [-0.2, -0.15) is 0 Å². The van der Waals surface area contributed by atoms with Crippen LogP contribution in [0.25, 0.3) is 0 Å². The number of carbonyl (C=O) groups is 1. The van der Waals surface area contributed by atoms with Gasteiger partial charge >= 0.3 is 0 Å². The summed E-state index contributed by atoms with van der Waals surface area (Å²) >= 11 is 0. The lowest BCUT2D eigenvalue weighted by Gasteiger charge is -2.40. The van der Waals surface area contributed by atoms with E-state index in [1.165, 1.54) is 205 Å². The van der Waals surface area contributed by atoms with Crippen LogP contribution in [0.5, 0.6) is 0 Å². The number of allylic oxidation sites excluding steroid dienone is 11. The minimum absolute atomic E-state index is 0.189. The summed E-state index contributed by atoms with van der Waals surface area (Å²) < 4.78 is 11.3. The predicted octanol–water partition coefficient (Wildman–Crippen LogP) is 16.4. The number of aliphatic hydroxyl groups excluding tert-OH is 5. The van der Waals surface area contributed by atoms with Crippen molar-refractivity contribution in [1.29, 1.82) is 0 Å². The van der Waals surface area contributed by atoms with E-state index in [0.29, 0.717) is 6.42 Å². The number of hydrogen-bond acceptors (Lipinski definition) is 8. The lowest BCUT2D eigenvalue weighted by Crippen LogP contribution is -2.60. The van der Waals surface area contributed by atoms with Gasteiger partial charge in [0.15, 0.2) is 6.29 Å². The lowest BCUT2D eigenvalue weighted by atomic mass is 9.99. The fourth-order valence-electron chi connectivity index (χ4n) is 9.73. The van der Waals surface area contributed by atoms with Crippen LogP contribution >= 0.6 is 0 Å². The van der Waals surface area contributed by atoms with Crippen molar-refractivity contribution < 1.29 is 39.8 Å². The molecule has 436 valence electrons. The SMILES string of the molecule is CCCCCCC/C=C\C/C=C\C/C=C\CCCCCCCCCCCCCCCCCCCCC(=O)NC(COC1OC(CO)C(O)C(O)C1O)C(O)/C=C/CC/C=C/CC/C=C/CCCCCCCCCCC. The van der Waals surface area contributed by atoms with Gasteiger partial charge in [-0.3, -0.25) is 4.79 Å². The molecule has 6 N–H and O–H groups in total. The van der Waals surface area contributed by atoms with Crippen LogP contribution in [0.3, 0.4) is 0 Å². The van der Waals surface area contributed by atoms with Crippen molar-refractivity contribution in [2.45, 2.75) is 326 Å². The van der Waals surface area contributed by atoms with Crippen LogP contribution in [0.4, 0.5) is 0 Å². The summed E-state index contributed by atoms with van der Waals surface area (Å²) in [5.74, 6) is -0.189. The van der Waals surface area contributed by atoms with Gasteiger partial charge < -0.3 is 40.3 Å². The zero-order chi connectivity index (χ0) is 54.3. The van der Waals surface area contributed by atoms with Crippen molar-refractivity contribution in [3.05, 3.63) is 72.9 Å². The Bertz CT molecular complexity index is 1410. The second-order valence-corrected chi connectivity index (χ2v) is 21.8. The number of hydrogen-bond donors (Lipinski definition) is 6. The fourth-order valence-corrected chi connectivity index (χ4v) is 9.73. The number of ether oxygens (including phenoxy) is 2. The third-order valence-electron chi connectivity index (χ3n) is 14.7. The predicted molar refractivity (Wildman–Crippen MR) is 318 cm³/mol. The molecule has 0 bridgehead atoms. The molecule has 0 saturated carbocycles. The average Bonchev–Trinajstić information content (AvgIpc) is 3.41. The van der Waals surface area contributed by atoms with E-state index in [9.17, 15) is 30.3 Å². The van der Waals surface area contributed by atoms with E-state index in [1.807, 2.05) is 6.08 Å². The molecule has 0 radical (unpaired) electrons. The number of nitrogens with one attached hydrogen (secondary N) is 1. The molecule has 1 rings (SSSR count). The first kappa shape index (κ1) is 70.6. The molecule has 75 heavy (non-hydrogen) atoms. The van der Waals surface area contributed by atoms with Crippen molar-refractivity contribution in [3.8, 4) is 0 Å². The molecule has 1 heterocycles. The minimum Gasteiger partial charge on any atom is -0.394 e. The maximum absolute atomic E-state index is 13.1. The molecule has 1 amide bonds. The first-order valence-electron chi connectivity index (χ1n) is 31.7. The van der Waals surface area contributed by atoms with E-state index >= 15 is 0 Å². The van der Waals surface area contributed by atoms with Crippen molar-refractivity contribution in [3.63, 3.8) is 0 Å². The zero-order valence-electron chi connectivity index (χ0n) is 48.5. The van der Waals surface area contributed by atoms with Gasteiger partial charge in [-0.25, -0.2) is 0 Å². The molecule has 0 aromatic heterocycles. The van der Waals surface area contributed by atoms with Crippen molar-refractivity contribution in [1.82, 2.24) is 5.32 Å².